The first-order valence-electron chi connectivity index (χ1n) is 7.66. The number of benzene rings is 2. The van der Waals surface area contributed by atoms with Crippen LogP contribution in [0.5, 0.6) is 0 Å². The van der Waals surface area contributed by atoms with Gasteiger partial charge in [0.25, 0.3) is 0 Å². The van der Waals surface area contributed by atoms with Gasteiger partial charge in [0, 0.05) is 18.8 Å². The van der Waals surface area contributed by atoms with E-state index >= 15 is 0 Å². The molecule has 0 aliphatic carbocycles. The summed E-state index contributed by atoms with van der Waals surface area (Å²) in [4.78, 5) is 4.65. The van der Waals surface area contributed by atoms with Gasteiger partial charge in [-0.3, -0.25) is 0 Å². The van der Waals surface area contributed by atoms with Gasteiger partial charge in [-0.25, -0.2) is 4.98 Å². The fraction of sp³-hybridized carbons (Fsp3) is 0.278. The minimum absolute atomic E-state index is 0.222. The summed E-state index contributed by atoms with van der Waals surface area (Å²) in [6.07, 6.45) is -0.551. The third-order valence-corrected chi connectivity index (χ3v) is 4.20. The molecule has 0 saturated heterocycles. The van der Waals surface area contributed by atoms with Crippen LogP contribution >= 0.6 is 11.6 Å². The molecule has 0 spiro atoms. The Morgan fingerprint density at radius 3 is 2.74 bits per heavy atom. The average Bonchev–Trinajstić information content (AvgIpc) is 2.88. The molecule has 0 aliphatic rings. The molecule has 2 N–H and O–H groups in total. The zero-order valence-corrected chi connectivity index (χ0v) is 13.8. The van der Waals surface area contributed by atoms with Gasteiger partial charge in [-0.05, 0) is 30.7 Å². The Hall–Kier alpha value is -2.04. The summed E-state index contributed by atoms with van der Waals surface area (Å²) in [7, 11) is 0. The van der Waals surface area contributed by atoms with Crippen LogP contribution in [0.3, 0.4) is 0 Å². The molecule has 1 unspecified atom stereocenters. The minimum Gasteiger partial charge on any atom is -0.390 e. The molecule has 0 bridgehead atoms. The topological polar surface area (TPSA) is 50.1 Å². The van der Waals surface area contributed by atoms with Gasteiger partial charge in [0.2, 0.25) is 0 Å². The lowest BCUT2D eigenvalue weighted by atomic mass is 10.2. The van der Waals surface area contributed by atoms with Crippen molar-refractivity contribution in [3.8, 4) is 0 Å². The maximum atomic E-state index is 9.53. The molecule has 1 atom stereocenters. The maximum absolute atomic E-state index is 9.53. The lowest BCUT2D eigenvalue weighted by Gasteiger charge is -2.10. The zero-order valence-electron chi connectivity index (χ0n) is 13.0. The molecule has 4 nitrogen and oxygen atoms in total. The molecule has 0 amide bonds. The van der Waals surface area contributed by atoms with Gasteiger partial charge < -0.3 is 15.0 Å². The highest BCUT2D eigenvalue weighted by Crippen LogP contribution is 2.21. The van der Waals surface area contributed by atoms with Crippen LogP contribution < -0.4 is 5.32 Å². The fourth-order valence-electron chi connectivity index (χ4n) is 2.62. The molecule has 3 rings (SSSR count). The van der Waals surface area contributed by atoms with Gasteiger partial charge in [0.1, 0.15) is 5.82 Å². The molecular formula is C18H20ClN3O. The number of imidazole rings is 1. The smallest absolute Gasteiger partial charge is 0.107 e. The monoisotopic (exact) mass is 329 g/mol. The second-order valence-electron chi connectivity index (χ2n) is 5.62. The molecule has 120 valence electrons. The number of anilines is 1. The van der Waals surface area contributed by atoms with Crippen molar-refractivity contribution in [3.05, 3.63) is 59.9 Å². The molecule has 0 saturated carbocycles. The van der Waals surface area contributed by atoms with Crippen molar-refractivity contribution in [2.24, 2.45) is 0 Å². The average molecular weight is 330 g/mol. The number of rotatable bonds is 6. The first-order valence-corrected chi connectivity index (χ1v) is 8.19. The Labute approximate surface area is 140 Å². The number of halogens is 1. The van der Waals surface area contributed by atoms with Gasteiger partial charge in [-0.15, -0.1) is 11.6 Å². The Morgan fingerprint density at radius 1 is 1.22 bits per heavy atom. The largest absolute Gasteiger partial charge is 0.390 e. The van der Waals surface area contributed by atoms with Crippen LogP contribution in [0.1, 0.15) is 11.4 Å². The Balaban J connectivity index is 1.85. The zero-order chi connectivity index (χ0) is 16.2. The van der Waals surface area contributed by atoms with Crippen LogP contribution in [0.25, 0.3) is 11.0 Å². The second-order valence-corrected chi connectivity index (χ2v) is 5.93. The maximum Gasteiger partial charge on any atom is 0.107 e. The van der Waals surface area contributed by atoms with Crippen molar-refractivity contribution in [1.82, 2.24) is 9.55 Å². The number of aliphatic hydroxyl groups is 1. The molecule has 0 aliphatic heterocycles. The third-order valence-electron chi connectivity index (χ3n) is 3.84. The predicted octanol–water partition coefficient (Wildman–Crippen LogP) is 3.40. The van der Waals surface area contributed by atoms with Gasteiger partial charge in [0.15, 0.2) is 0 Å². The number of aromatic nitrogens is 2. The van der Waals surface area contributed by atoms with E-state index in [4.69, 9.17) is 11.6 Å². The Morgan fingerprint density at radius 2 is 2.00 bits per heavy atom. The Bertz CT molecular complexity index is 786. The summed E-state index contributed by atoms with van der Waals surface area (Å²) >= 11 is 5.61. The number of nitrogens with one attached hydrogen (secondary N) is 1. The van der Waals surface area contributed by atoms with Crippen molar-refractivity contribution >= 4 is 28.3 Å². The number of aryl methyl sites for hydroxylation is 1. The highest BCUT2D eigenvalue weighted by molar-refractivity contribution is 6.18. The van der Waals surface area contributed by atoms with Crippen molar-refractivity contribution in [1.29, 1.82) is 0 Å². The molecule has 0 radical (unpaired) electrons. The highest BCUT2D eigenvalue weighted by Gasteiger charge is 2.09. The summed E-state index contributed by atoms with van der Waals surface area (Å²) in [5.41, 5.74) is 4.24. The molecule has 23 heavy (non-hydrogen) atoms. The number of hydrogen-bond acceptors (Lipinski definition) is 3. The number of hydrogen-bond donors (Lipinski definition) is 2. The van der Waals surface area contributed by atoms with Crippen LogP contribution in [0.2, 0.25) is 0 Å². The van der Waals surface area contributed by atoms with E-state index in [1.165, 1.54) is 5.56 Å². The minimum atomic E-state index is -0.551. The normalized spacial score (nSPS) is 12.5. The number of aliphatic hydroxyl groups excluding tert-OH is 1. The lowest BCUT2D eigenvalue weighted by molar-refractivity contribution is 0.211. The highest BCUT2D eigenvalue weighted by atomic mass is 35.5. The molecule has 2 aromatic carbocycles. The standard InChI is InChI=1S/C18H20ClN3O/c1-13-21-17-9-15(20-11-16(23)10-19)7-8-18(17)22(13)12-14-5-3-2-4-6-14/h2-9,16,20,23H,10-12H2,1H3. The van der Waals surface area contributed by atoms with Crippen molar-refractivity contribution < 1.29 is 5.11 Å². The van der Waals surface area contributed by atoms with Crippen molar-refractivity contribution in [2.45, 2.75) is 19.6 Å². The van der Waals surface area contributed by atoms with Crippen LogP contribution in [0.15, 0.2) is 48.5 Å². The summed E-state index contributed by atoms with van der Waals surface area (Å²) in [5.74, 6) is 1.21. The molecule has 3 aromatic rings. The predicted molar refractivity (Wildman–Crippen MR) is 95.2 cm³/mol. The van der Waals surface area contributed by atoms with Crippen LogP contribution in [-0.2, 0) is 6.54 Å². The van der Waals surface area contributed by atoms with Crippen molar-refractivity contribution in [3.63, 3.8) is 0 Å². The molecule has 1 heterocycles. The molecule has 0 fully saturated rings. The van der Waals surface area contributed by atoms with E-state index in [9.17, 15) is 5.11 Å². The van der Waals surface area contributed by atoms with Gasteiger partial charge in [-0.2, -0.15) is 0 Å². The summed E-state index contributed by atoms with van der Waals surface area (Å²) in [6, 6.07) is 16.4. The van der Waals surface area contributed by atoms with E-state index in [0.29, 0.717) is 6.54 Å². The van der Waals surface area contributed by atoms with Gasteiger partial charge in [-0.1, -0.05) is 30.3 Å². The SMILES string of the molecule is Cc1nc2cc(NCC(O)CCl)ccc2n1Cc1ccccc1. The Kier molecular flexibility index (Phi) is 4.84. The van der Waals surface area contributed by atoms with E-state index in [1.807, 2.05) is 37.3 Å². The molecular weight excluding hydrogens is 310 g/mol. The van der Waals surface area contributed by atoms with E-state index in [-0.39, 0.29) is 5.88 Å². The molecule has 5 heteroatoms. The van der Waals surface area contributed by atoms with Crippen molar-refractivity contribution in [2.75, 3.05) is 17.7 Å². The number of alkyl halides is 1. The summed E-state index contributed by atoms with van der Waals surface area (Å²) < 4.78 is 2.21. The van der Waals surface area contributed by atoms with Crippen LogP contribution in [-0.4, -0.2) is 33.2 Å². The summed E-state index contributed by atoms with van der Waals surface area (Å²) in [6.45, 7) is 3.26. The van der Waals surface area contributed by atoms with Crippen LogP contribution in [0.4, 0.5) is 5.69 Å². The number of fused-ring (bicyclic) bond motifs is 1. The lowest BCUT2D eigenvalue weighted by Crippen LogP contribution is -2.20. The van der Waals surface area contributed by atoms with Gasteiger partial charge in [0.05, 0.1) is 23.0 Å². The quantitative estimate of drug-likeness (QED) is 0.681. The number of nitrogens with zero attached hydrogens (tertiary/aromatic N) is 2. The van der Waals surface area contributed by atoms with E-state index in [2.05, 4.69) is 33.1 Å². The first kappa shape index (κ1) is 15.8. The van der Waals surface area contributed by atoms with Crippen LogP contribution in [0, 0.1) is 6.92 Å². The van der Waals surface area contributed by atoms with E-state index in [0.717, 1.165) is 29.1 Å². The van der Waals surface area contributed by atoms with E-state index < -0.39 is 6.10 Å². The fourth-order valence-corrected chi connectivity index (χ4v) is 2.73. The summed E-state index contributed by atoms with van der Waals surface area (Å²) in [5, 5.41) is 12.7. The second kappa shape index (κ2) is 7.02. The van der Waals surface area contributed by atoms with Gasteiger partial charge >= 0.3 is 0 Å². The first-order chi connectivity index (χ1) is 11.2. The molecule has 1 aromatic heterocycles. The third kappa shape index (κ3) is 3.66. The van der Waals surface area contributed by atoms with E-state index in [1.54, 1.807) is 0 Å².